The van der Waals surface area contributed by atoms with Gasteiger partial charge in [0.2, 0.25) is 0 Å². The van der Waals surface area contributed by atoms with Gasteiger partial charge in [-0.25, -0.2) is 0 Å². The molecule has 1 aliphatic rings. The Bertz CT molecular complexity index is 419. The lowest BCUT2D eigenvalue weighted by atomic mass is 9.86. The Morgan fingerprint density at radius 2 is 2.37 bits per heavy atom. The minimum atomic E-state index is -0.893. The van der Waals surface area contributed by atoms with Crippen molar-refractivity contribution in [3.05, 3.63) is 11.9 Å². The highest BCUT2D eigenvalue weighted by molar-refractivity contribution is 5.31. The Morgan fingerprint density at radius 1 is 1.58 bits per heavy atom. The van der Waals surface area contributed by atoms with Crippen molar-refractivity contribution in [3.8, 4) is 5.75 Å². The molecule has 0 bridgehead atoms. The van der Waals surface area contributed by atoms with E-state index in [9.17, 15) is 5.11 Å². The van der Waals surface area contributed by atoms with E-state index in [1.54, 1.807) is 13.3 Å². The van der Waals surface area contributed by atoms with Crippen LogP contribution in [0.1, 0.15) is 45.2 Å². The van der Waals surface area contributed by atoms with Gasteiger partial charge in [0.1, 0.15) is 11.3 Å². The lowest BCUT2D eigenvalue weighted by molar-refractivity contribution is -0.113. The number of aryl methyl sites for hydroxylation is 1. The molecule has 1 aliphatic heterocycles. The second kappa shape index (κ2) is 5.92. The monoisotopic (exact) mass is 268 g/mol. The average molecular weight is 268 g/mol. The van der Waals surface area contributed by atoms with Crippen LogP contribution in [-0.4, -0.2) is 34.7 Å². The number of ether oxygens (including phenoxy) is 2. The van der Waals surface area contributed by atoms with E-state index in [0.29, 0.717) is 25.2 Å². The molecule has 1 saturated heterocycles. The van der Waals surface area contributed by atoms with Crippen LogP contribution in [-0.2, 0) is 16.9 Å². The number of aromatic nitrogens is 2. The van der Waals surface area contributed by atoms with Crippen molar-refractivity contribution in [1.82, 2.24) is 9.78 Å². The van der Waals surface area contributed by atoms with E-state index < -0.39 is 5.60 Å². The summed E-state index contributed by atoms with van der Waals surface area (Å²) in [4.78, 5) is 0. The van der Waals surface area contributed by atoms with Gasteiger partial charge in [-0.15, -0.1) is 0 Å². The maximum absolute atomic E-state index is 11.0. The molecule has 2 atom stereocenters. The van der Waals surface area contributed by atoms with Crippen LogP contribution in [0.4, 0.5) is 0 Å². The highest BCUT2D eigenvalue weighted by Crippen LogP contribution is 2.40. The average Bonchev–Trinajstić information content (AvgIpc) is 2.83. The van der Waals surface area contributed by atoms with Crippen LogP contribution < -0.4 is 4.74 Å². The van der Waals surface area contributed by atoms with E-state index in [1.807, 2.05) is 4.68 Å². The van der Waals surface area contributed by atoms with Gasteiger partial charge in [0, 0.05) is 19.4 Å². The van der Waals surface area contributed by atoms with Gasteiger partial charge >= 0.3 is 0 Å². The van der Waals surface area contributed by atoms with Gasteiger partial charge in [-0.05, 0) is 12.8 Å². The zero-order chi connectivity index (χ0) is 13.9. The smallest absolute Gasteiger partial charge is 0.162 e. The molecule has 1 aromatic rings. The van der Waals surface area contributed by atoms with Crippen molar-refractivity contribution in [2.24, 2.45) is 0 Å². The zero-order valence-corrected chi connectivity index (χ0v) is 12.1. The molecule has 108 valence electrons. The van der Waals surface area contributed by atoms with E-state index in [2.05, 4.69) is 18.9 Å². The topological polar surface area (TPSA) is 56.5 Å². The molecule has 1 fully saturated rings. The molecule has 1 N–H and O–H groups in total. The standard InChI is InChI=1S/C14H24N2O3/c1-4-7-16-13(12(18-3)10-15-16)14(17)6-8-19-11(5-2)9-14/h10-11,17H,4-9H2,1-3H3. The van der Waals surface area contributed by atoms with Crippen molar-refractivity contribution in [3.63, 3.8) is 0 Å². The van der Waals surface area contributed by atoms with Crippen molar-refractivity contribution in [2.45, 2.75) is 57.8 Å². The number of methoxy groups -OCH3 is 1. The summed E-state index contributed by atoms with van der Waals surface area (Å²) in [6.45, 7) is 5.55. The highest BCUT2D eigenvalue weighted by Gasteiger charge is 2.41. The minimum Gasteiger partial charge on any atom is -0.493 e. The Balaban J connectivity index is 2.34. The van der Waals surface area contributed by atoms with Crippen molar-refractivity contribution in [1.29, 1.82) is 0 Å². The Labute approximate surface area is 114 Å². The quantitative estimate of drug-likeness (QED) is 0.888. The SMILES string of the molecule is CCCn1ncc(OC)c1C1(O)CCOC(CC)C1. The molecule has 19 heavy (non-hydrogen) atoms. The summed E-state index contributed by atoms with van der Waals surface area (Å²) in [5, 5.41) is 15.4. The van der Waals surface area contributed by atoms with Crippen LogP contribution in [0.3, 0.4) is 0 Å². The van der Waals surface area contributed by atoms with Gasteiger partial charge in [-0.2, -0.15) is 5.10 Å². The fourth-order valence-electron chi connectivity index (χ4n) is 2.78. The second-order valence-electron chi connectivity index (χ2n) is 5.17. The summed E-state index contributed by atoms with van der Waals surface area (Å²) in [5.41, 5.74) is -0.0887. The summed E-state index contributed by atoms with van der Waals surface area (Å²) in [6, 6.07) is 0. The molecule has 2 heterocycles. The second-order valence-corrected chi connectivity index (χ2v) is 5.17. The summed E-state index contributed by atoms with van der Waals surface area (Å²) < 4.78 is 12.9. The molecule has 5 heteroatoms. The molecule has 0 radical (unpaired) electrons. The Morgan fingerprint density at radius 3 is 3.00 bits per heavy atom. The summed E-state index contributed by atoms with van der Waals surface area (Å²) >= 11 is 0. The molecule has 1 aromatic heterocycles. The van der Waals surface area contributed by atoms with Crippen molar-refractivity contribution in [2.75, 3.05) is 13.7 Å². The molecule has 0 aromatic carbocycles. The summed E-state index contributed by atoms with van der Waals surface area (Å²) in [5.74, 6) is 0.674. The maximum Gasteiger partial charge on any atom is 0.162 e. The predicted molar refractivity (Wildman–Crippen MR) is 72.2 cm³/mol. The zero-order valence-electron chi connectivity index (χ0n) is 12.1. The minimum absolute atomic E-state index is 0.105. The number of rotatable bonds is 5. The van der Waals surface area contributed by atoms with E-state index >= 15 is 0 Å². The van der Waals surface area contributed by atoms with Crippen LogP contribution in [0.2, 0.25) is 0 Å². The third-order valence-electron chi connectivity index (χ3n) is 3.79. The molecule has 2 unspecified atom stereocenters. The van der Waals surface area contributed by atoms with Gasteiger partial charge in [0.25, 0.3) is 0 Å². The molecule has 0 amide bonds. The Kier molecular flexibility index (Phi) is 4.47. The van der Waals surface area contributed by atoms with Crippen LogP contribution >= 0.6 is 0 Å². The largest absolute Gasteiger partial charge is 0.493 e. The fourth-order valence-corrected chi connectivity index (χ4v) is 2.78. The Hall–Kier alpha value is -1.07. The lowest BCUT2D eigenvalue weighted by Crippen LogP contribution is -2.40. The van der Waals surface area contributed by atoms with E-state index in [4.69, 9.17) is 9.47 Å². The normalized spacial score (nSPS) is 27.5. The lowest BCUT2D eigenvalue weighted by Gasteiger charge is -2.37. The number of aliphatic hydroxyl groups is 1. The number of nitrogens with zero attached hydrogens (tertiary/aromatic N) is 2. The first-order valence-corrected chi connectivity index (χ1v) is 7.08. The van der Waals surface area contributed by atoms with Gasteiger partial charge in [-0.1, -0.05) is 13.8 Å². The maximum atomic E-state index is 11.0. The predicted octanol–water partition coefficient (Wildman–Crippen LogP) is 2.08. The first-order valence-electron chi connectivity index (χ1n) is 7.08. The third kappa shape index (κ3) is 2.77. The third-order valence-corrected chi connectivity index (χ3v) is 3.79. The van der Waals surface area contributed by atoms with Crippen LogP contribution in [0.25, 0.3) is 0 Å². The first kappa shape index (κ1) is 14.3. The summed E-state index contributed by atoms with van der Waals surface area (Å²) in [7, 11) is 1.62. The fraction of sp³-hybridized carbons (Fsp3) is 0.786. The number of hydrogen-bond donors (Lipinski definition) is 1. The molecule has 0 aliphatic carbocycles. The van der Waals surface area contributed by atoms with Crippen LogP contribution in [0.5, 0.6) is 5.75 Å². The van der Waals surface area contributed by atoms with Gasteiger partial charge in [0.05, 0.1) is 26.0 Å². The molecule has 2 rings (SSSR count). The van der Waals surface area contributed by atoms with E-state index in [1.165, 1.54) is 0 Å². The van der Waals surface area contributed by atoms with Crippen LogP contribution in [0.15, 0.2) is 6.20 Å². The van der Waals surface area contributed by atoms with E-state index in [0.717, 1.165) is 25.1 Å². The molecular formula is C14H24N2O3. The van der Waals surface area contributed by atoms with Gasteiger partial charge in [-0.3, -0.25) is 4.68 Å². The highest BCUT2D eigenvalue weighted by atomic mass is 16.5. The molecule has 0 saturated carbocycles. The molecular weight excluding hydrogens is 244 g/mol. The van der Waals surface area contributed by atoms with Crippen molar-refractivity contribution < 1.29 is 14.6 Å². The summed E-state index contributed by atoms with van der Waals surface area (Å²) in [6.07, 6.45) is 4.88. The first-order chi connectivity index (χ1) is 9.14. The van der Waals surface area contributed by atoms with Gasteiger partial charge in [0.15, 0.2) is 5.75 Å². The van der Waals surface area contributed by atoms with Crippen molar-refractivity contribution >= 4 is 0 Å². The molecule has 0 spiro atoms. The molecule has 5 nitrogen and oxygen atoms in total. The van der Waals surface area contributed by atoms with Crippen LogP contribution in [0, 0.1) is 0 Å². The van der Waals surface area contributed by atoms with E-state index in [-0.39, 0.29) is 6.10 Å². The number of hydrogen-bond acceptors (Lipinski definition) is 4. The van der Waals surface area contributed by atoms with Gasteiger partial charge < -0.3 is 14.6 Å².